The molecule has 2 aliphatic heterocycles. The highest BCUT2D eigenvalue weighted by Crippen LogP contribution is 2.48. The van der Waals surface area contributed by atoms with E-state index in [9.17, 15) is 9.59 Å². The number of hydrogen-bond donors (Lipinski definition) is 2. The summed E-state index contributed by atoms with van der Waals surface area (Å²) in [5, 5.41) is 11.6. The number of fused-ring (bicyclic) bond motifs is 2. The Morgan fingerprint density at radius 1 is 0.970 bits per heavy atom. The predicted octanol–water partition coefficient (Wildman–Crippen LogP) is 3.47. The Balaban J connectivity index is 1.22. The molecule has 5 rings (SSSR count). The van der Waals surface area contributed by atoms with Gasteiger partial charge in [-0.1, -0.05) is 59.1 Å². The molecule has 33 heavy (non-hydrogen) atoms. The average molecular weight is 499 g/mol. The quantitative estimate of drug-likeness (QED) is 0.400. The fraction of sp³-hybridized carbons (Fsp3) is 0.304. The number of nitrogens with one attached hydrogen (secondary N) is 2. The van der Waals surface area contributed by atoms with Crippen LogP contribution in [0.25, 0.3) is 0 Å². The highest BCUT2D eigenvalue weighted by atomic mass is 32.2. The summed E-state index contributed by atoms with van der Waals surface area (Å²) in [5.74, 6) is 0.179. The van der Waals surface area contributed by atoms with Gasteiger partial charge in [-0.15, -0.1) is 10.2 Å². The van der Waals surface area contributed by atoms with E-state index in [4.69, 9.17) is 0 Å². The number of likely N-dealkylation sites (tertiary alicyclic amines) is 1. The van der Waals surface area contributed by atoms with Crippen molar-refractivity contribution in [3.8, 4) is 0 Å². The maximum Gasteiger partial charge on any atom is 0.281 e. The molecule has 0 saturated carbocycles. The smallest absolute Gasteiger partial charge is 0.281 e. The molecule has 2 aromatic carbocycles. The number of carbonyl (C=O) groups is 2. The van der Waals surface area contributed by atoms with Crippen molar-refractivity contribution >= 4 is 63.2 Å². The summed E-state index contributed by atoms with van der Waals surface area (Å²) in [5.41, 5.74) is 1.80. The monoisotopic (exact) mass is 498 g/mol. The highest BCUT2D eigenvalue weighted by molar-refractivity contribution is 8.01. The lowest BCUT2D eigenvalue weighted by molar-refractivity contribution is -0.896. The Labute approximate surface area is 205 Å². The van der Waals surface area contributed by atoms with Crippen molar-refractivity contribution in [3.05, 3.63) is 48.5 Å². The van der Waals surface area contributed by atoms with Gasteiger partial charge in [-0.05, 0) is 43.5 Å². The van der Waals surface area contributed by atoms with Crippen molar-refractivity contribution in [2.45, 2.75) is 33.4 Å². The summed E-state index contributed by atoms with van der Waals surface area (Å²) >= 11 is 4.33. The lowest BCUT2D eigenvalue weighted by Crippen LogP contribution is -3.13. The third-order valence-corrected chi connectivity index (χ3v) is 8.71. The number of amides is 2. The number of benzene rings is 2. The second-order valence-corrected chi connectivity index (χ2v) is 11.2. The summed E-state index contributed by atoms with van der Waals surface area (Å²) in [6.07, 6.45) is 3.62. The molecule has 1 aromatic heterocycles. The van der Waals surface area contributed by atoms with Gasteiger partial charge in [0.25, 0.3) is 5.91 Å². The average Bonchev–Trinajstić information content (AvgIpc) is 3.28. The first-order valence-electron chi connectivity index (χ1n) is 11.0. The zero-order chi connectivity index (χ0) is 22.6. The number of nitrogens with zero attached hydrogens (tertiary/aromatic N) is 3. The number of rotatable bonds is 6. The number of para-hydroxylation sites is 2. The summed E-state index contributed by atoms with van der Waals surface area (Å²) in [4.78, 5) is 30.9. The minimum Gasteiger partial charge on any atom is -0.327 e. The van der Waals surface area contributed by atoms with Crippen LogP contribution in [-0.2, 0) is 9.59 Å². The van der Waals surface area contributed by atoms with Gasteiger partial charge in [0.15, 0.2) is 10.9 Å². The Morgan fingerprint density at radius 3 is 2.33 bits per heavy atom. The van der Waals surface area contributed by atoms with Gasteiger partial charge in [0, 0.05) is 9.79 Å². The van der Waals surface area contributed by atoms with Crippen molar-refractivity contribution < 1.29 is 14.5 Å². The number of piperidine rings is 1. The molecule has 2 amide bonds. The molecule has 0 unspecified atom stereocenters. The van der Waals surface area contributed by atoms with E-state index in [0.717, 1.165) is 34.3 Å². The van der Waals surface area contributed by atoms with Crippen LogP contribution in [0, 0.1) is 0 Å². The molecule has 0 atom stereocenters. The number of thioether (sulfide) groups is 1. The number of quaternary nitrogens is 1. The zero-order valence-corrected chi connectivity index (χ0v) is 20.4. The van der Waals surface area contributed by atoms with Gasteiger partial charge in [0.1, 0.15) is 0 Å². The Kier molecular flexibility index (Phi) is 6.96. The molecule has 1 saturated heterocycles. The normalized spacial score (nSPS) is 15.6. The fourth-order valence-electron chi connectivity index (χ4n) is 4.10. The van der Waals surface area contributed by atoms with Gasteiger partial charge in [-0.3, -0.25) is 19.8 Å². The predicted molar refractivity (Wildman–Crippen MR) is 133 cm³/mol. The summed E-state index contributed by atoms with van der Waals surface area (Å²) in [7, 11) is 0. The summed E-state index contributed by atoms with van der Waals surface area (Å²) in [6.45, 7) is 2.56. The van der Waals surface area contributed by atoms with Crippen LogP contribution in [0.15, 0.2) is 62.7 Å². The third-order valence-electron chi connectivity index (χ3n) is 5.62. The molecule has 1 fully saturated rings. The van der Waals surface area contributed by atoms with E-state index >= 15 is 0 Å². The number of carbonyl (C=O) groups excluding carboxylic acids is 2. The van der Waals surface area contributed by atoms with Crippen molar-refractivity contribution in [1.29, 1.82) is 0 Å². The molecule has 0 radical (unpaired) electrons. The van der Waals surface area contributed by atoms with E-state index < -0.39 is 0 Å². The van der Waals surface area contributed by atoms with Gasteiger partial charge < -0.3 is 4.90 Å². The SMILES string of the molecule is O=C(C[NH+]1CCCCC1)Nc1nnc(SCC(=O)N2c3ccccc3Sc3ccccc32)s1. The minimum absolute atomic E-state index is 0.0188. The van der Waals surface area contributed by atoms with E-state index in [-0.39, 0.29) is 17.6 Å². The van der Waals surface area contributed by atoms with Crippen LogP contribution in [-0.4, -0.2) is 47.4 Å². The molecule has 10 heteroatoms. The van der Waals surface area contributed by atoms with E-state index in [1.165, 1.54) is 47.3 Å². The topological polar surface area (TPSA) is 79.6 Å². The summed E-state index contributed by atoms with van der Waals surface area (Å²) < 4.78 is 0.664. The molecule has 3 heterocycles. The molecule has 170 valence electrons. The highest BCUT2D eigenvalue weighted by Gasteiger charge is 2.28. The van der Waals surface area contributed by atoms with E-state index in [2.05, 4.69) is 15.5 Å². The third kappa shape index (κ3) is 5.24. The molecule has 0 spiro atoms. The van der Waals surface area contributed by atoms with Crippen LogP contribution in [0.1, 0.15) is 19.3 Å². The Morgan fingerprint density at radius 2 is 1.64 bits per heavy atom. The first-order chi connectivity index (χ1) is 16.2. The Hall–Kier alpha value is -2.40. The molecular formula is C23H24N5O2S3+. The lowest BCUT2D eigenvalue weighted by atomic mass is 10.1. The van der Waals surface area contributed by atoms with Gasteiger partial charge in [0.2, 0.25) is 11.0 Å². The fourth-order valence-corrected chi connectivity index (χ4v) is 6.77. The van der Waals surface area contributed by atoms with E-state index in [1.54, 1.807) is 16.7 Å². The number of hydrogen-bond acceptors (Lipinski definition) is 7. The summed E-state index contributed by atoms with van der Waals surface area (Å²) in [6, 6.07) is 15.9. The molecule has 2 N–H and O–H groups in total. The standard InChI is InChI=1S/C23H23N5O2S3/c29-20(14-27-12-6-1-7-13-27)24-22-25-26-23(33-22)31-15-21(30)28-16-8-2-4-10-18(16)32-19-11-5-3-9-17(19)28/h2-5,8-11H,1,6-7,12-15H2,(H,24,25,29)/p+1. The number of aromatic nitrogens is 2. The van der Waals surface area contributed by atoms with Crippen LogP contribution < -0.4 is 15.1 Å². The first-order valence-corrected chi connectivity index (χ1v) is 13.6. The second kappa shape index (κ2) is 10.3. The maximum atomic E-state index is 13.3. The number of anilines is 3. The van der Waals surface area contributed by atoms with Crippen molar-refractivity contribution in [1.82, 2.24) is 10.2 Å². The van der Waals surface area contributed by atoms with Crippen molar-refractivity contribution in [2.24, 2.45) is 0 Å². The minimum atomic E-state index is -0.0327. The van der Waals surface area contributed by atoms with Crippen LogP contribution in [0.2, 0.25) is 0 Å². The van der Waals surface area contributed by atoms with Gasteiger partial charge >= 0.3 is 0 Å². The van der Waals surface area contributed by atoms with E-state index in [1.807, 2.05) is 48.5 Å². The van der Waals surface area contributed by atoms with Crippen molar-refractivity contribution in [2.75, 3.05) is 35.6 Å². The first kappa shape index (κ1) is 22.4. The maximum absolute atomic E-state index is 13.3. The lowest BCUT2D eigenvalue weighted by Gasteiger charge is -2.30. The molecule has 2 aliphatic rings. The van der Waals surface area contributed by atoms with Crippen LogP contribution in [0.5, 0.6) is 0 Å². The zero-order valence-electron chi connectivity index (χ0n) is 18.0. The largest absolute Gasteiger partial charge is 0.327 e. The van der Waals surface area contributed by atoms with Crippen LogP contribution >= 0.6 is 34.9 Å². The van der Waals surface area contributed by atoms with Gasteiger partial charge in [-0.25, -0.2) is 0 Å². The van der Waals surface area contributed by atoms with Crippen LogP contribution in [0.4, 0.5) is 16.5 Å². The molecular weight excluding hydrogens is 474 g/mol. The van der Waals surface area contributed by atoms with E-state index in [0.29, 0.717) is 16.0 Å². The molecule has 3 aromatic rings. The van der Waals surface area contributed by atoms with Gasteiger partial charge in [0.05, 0.1) is 30.2 Å². The molecule has 7 nitrogen and oxygen atoms in total. The second-order valence-electron chi connectivity index (χ2n) is 7.96. The van der Waals surface area contributed by atoms with Gasteiger partial charge in [-0.2, -0.15) is 0 Å². The molecule has 0 aliphatic carbocycles. The Bertz CT molecular complexity index is 1120. The van der Waals surface area contributed by atoms with Crippen molar-refractivity contribution in [3.63, 3.8) is 0 Å². The van der Waals surface area contributed by atoms with Crippen LogP contribution in [0.3, 0.4) is 0 Å². The molecule has 0 bridgehead atoms.